The average Bonchev–Trinajstić information content (AvgIpc) is 2.75. The van der Waals surface area contributed by atoms with Crippen LogP contribution >= 0.6 is 0 Å². The van der Waals surface area contributed by atoms with Crippen molar-refractivity contribution in [2.45, 2.75) is 6.18 Å². The van der Waals surface area contributed by atoms with E-state index in [1.54, 1.807) is 30.3 Å². The molecule has 1 amide bonds. The lowest BCUT2D eigenvalue weighted by Crippen LogP contribution is -2.15. The molecule has 5 rings (SSSR count). The second-order valence-electron chi connectivity index (χ2n) is 6.69. The molecule has 0 fully saturated rings. The Hall–Kier alpha value is -4.14. The summed E-state index contributed by atoms with van der Waals surface area (Å²) in [5, 5.41) is 2.46. The van der Waals surface area contributed by atoms with Crippen LogP contribution in [0.2, 0.25) is 0 Å². The molecule has 1 aliphatic rings. The number of amides is 1. The highest BCUT2D eigenvalue weighted by Crippen LogP contribution is 2.45. The number of alkyl halides is 3. The van der Waals surface area contributed by atoms with E-state index in [9.17, 15) is 18.0 Å². The standard InChI is InChI=1S/C22H12F3N3O3/c23-22(24,25)12-5-3-6-13(11-12)26-19(29)14-7-4-10-17-18(14)31-21-20(30-17)27-15-8-1-2-9-16(15)28-21/h1-11H,(H,26,29). The number of halogens is 3. The summed E-state index contributed by atoms with van der Waals surface area (Å²) in [5.41, 5.74) is 0.415. The molecule has 1 N–H and O–H groups in total. The summed E-state index contributed by atoms with van der Waals surface area (Å²) < 4.78 is 50.4. The fourth-order valence-corrected chi connectivity index (χ4v) is 3.15. The van der Waals surface area contributed by atoms with Gasteiger partial charge in [-0.15, -0.1) is 0 Å². The van der Waals surface area contributed by atoms with Gasteiger partial charge in [0, 0.05) is 5.69 Å². The Morgan fingerprint density at radius 1 is 0.839 bits per heavy atom. The average molecular weight is 423 g/mol. The van der Waals surface area contributed by atoms with E-state index in [0.29, 0.717) is 11.0 Å². The molecule has 6 nitrogen and oxygen atoms in total. The molecule has 9 heteroatoms. The molecule has 0 unspecified atom stereocenters. The lowest BCUT2D eigenvalue weighted by molar-refractivity contribution is -0.137. The highest BCUT2D eigenvalue weighted by Gasteiger charge is 2.31. The third kappa shape index (κ3) is 3.50. The molecular formula is C22H12F3N3O3. The summed E-state index contributed by atoms with van der Waals surface area (Å²) in [6.45, 7) is 0. The van der Waals surface area contributed by atoms with Crippen molar-refractivity contribution in [3.8, 4) is 23.3 Å². The third-order valence-corrected chi connectivity index (χ3v) is 4.59. The molecule has 1 aromatic heterocycles. The summed E-state index contributed by atoms with van der Waals surface area (Å²) in [6, 6.07) is 16.2. The van der Waals surface area contributed by atoms with E-state index in [4.69, 9.17) is 9.47 Å². The van der Waals surface area contributed by atoms with Crippen LogP contribution in [0.3, 0.4) is 0 Å². The van der Waals surface area contributed by atoms with Gasteiger partial charge in [-0.05, 0) is 42.5 Å². The third-order valence-electron chi connectivity index (χ3n) is 4.59. The van der Waals surface area contributed by atoms with Gasteiger partial charge in [0.2, 0.25) is 0 Å². The number of anilines is 1. The van der Waals surface area contributed by atoms with Crippen molar-refractivity contribution in [3.05, 3.63) is 77.9 Å². The van der Waals surface area contributed by atoms with Crippen LogP contribution in [0.1, 0.15) is 15.9 Å². The van der Waals surface area contributed by atoms with Crippen molar-refractivity contribution < 1.29 is 27.4 Å². The van der Waals surface area contributed by atoms with E-state index in [1.807, 2.05) is 6.07 Å². The summed E-state index contributed by atoms with van der Waals surface area (Å²) in [4.78, 5) is 21.6. The predicted octanol–water partition coefficient (Wildman–Crippen LogP) is 5.80. The Morgan fingerprint density at radius 2 is 1.52 bits per heavy atom. The van der Waals surface area contributed by atoms with Crippen LogP contribution < -0.4 is 14.8 Å². The van der Waals surface area contributed by atoms with Crippen molar-refractivity contribution in [2.75, 3.05) is 5.32 Å². The minimum absolute atomic E-state index is 0.000316. The molecule has 2 heterocycles. The van der Waals surface area contributed by atoms with Gasteiger partial charge in [0.1, 0.15) is 0 Å². The molecule has 31 heavy (non-hydrogen) atoms. The van der Waals surface area contributed by atoms with E-state index in [-0.39, 0.29) is 34.5 Å². The quantitative estimate of drug-likeness (QED) is 0.389. The number of carbonyl (C=O) groups excluding carboxylic acids is 1. The maximum Gasteiger partial charge on any atom is 0.416 e. The largest absolute Gasteiger partial charge is 0.431 e. The minimum Gasteiger partial charge on any atom is -0.431 e. The van der Waals surface area contributed by atoms with Gasteiger partial charge in [-0.3, -0.25) is 4.79 Å². The molecule has 0 spiro atoms. The number of ether oxygens (including phenoxy) is 2. The molecule has 0 bridgehead atoms. The Bertz CT molecular complexity index is 1340. The van der Waals surface area contributed by atoms with Gasteiger partial charge in [0.25, 0.3) is 17.7 Å². The number of rotatable bonds is 2. The fourth-order valence-electron chi connectivity index (χ4n) is 3.15. The molecule has 3 aromatic carbocycles. The van der Waals surface area contributed by atoms with Crippen LogP contribution in [0.5, 0.6) is 23.3 Å². The van der Waals surface area contributed by atoms with Crippen molar-refractivity contribution in [1.29, 1.82) is 0 Å². The number of fused-ring (bicyclic) bond motifs is 3. The van der Waals surface area contributed by atoms with Crippen molar-refractivity contribution in [1.82, 2.24) is 9.97 Å². The van der Waals surface area contributed by atoms with Gasteiger partial charge in [-0.1, -0.05) is 24.3 Å². The second-order valence-corrected chi connectivity index (χ2v) is 6.69. The van der Waals surface area contributed by atoms with Gasteiger partial charge in [-0.2, -0.15) is 13.2 Å². The maximum atomic E-state index is 12.9. The molecule has 4 aromatic rings. The van der Waals surface area contributed by atoms with Crippen LogP contribution in [0.4, 0.5) is 18.9 Å². The first-order chi connectivity index (χ1) is 14.9. The van der Waals surface area contributed by atoms with Gasteiger partial charge in [0.15, 0.2) is 11.5 Å². The van der Waals surface area contributed by atoms with Crippen LogP contribution in [-0.2, 0) is 6.18 Å². The van der Waals surface area contributed by atoms with Crippen LogP contribution in [0, 0.1) is 0 Å². The first kappa shape index (κ1) is 18.9. The zero-order valence-electron chi connectivity index (χ0n) is 15.6. The maximum absolute atomic E-state index is 12.9. The summed E-state index contributed by atoms with van der Waals surface area (Å²) in [5.74, 6) is -0.0676. The van der Waals surface area contributed by atoms with E-state index in [2.05, 4.69) is 15.3 Å². The molecule has 1 aliphatic heterocycles. The Morgan fingerprint density at radius 3 is 2.23 bits per heavy atom. The zero-order valence-corrected chi connectivity index (χ0v) is 15.6. The highest BCUT2D eigenvalue weighted by molar-refractivity contribution is 6.07. The number of hydrogen-bond donors (Lipinski definition) is 1. The number of aromatic nitrogens is 2. The van der Waals surface area contributed by atoms with Crippen LogP contribution in [0.15, 0.2) is 66.7 Å². The lowest BCUT2D eigenvalue weighted by Gasteiger charge is -2.21. The first-order valence-corrected chi connectivity index (χ1v) is 9.12. The van der Waals surface area contributed by atoms with Gasteiger partial charge in [0.05, 0.1) is 22.2 Å². The minimum atomic E-state index is -4.52. The predicted molar refractivity (Wildman–Crippen MR) is 106 cm³/mol. The van der Waals surface area contributed by atoms with E-state index in [1.165, 1.54) is 18.2 Å². The van der Waals surface area contributed by atoms with Crippen LogP contribution in [-0.4, -0.2) is 15.9 Å². The van der Waals surface area contributed by atoms with Gasteiger partial charge >= 0.3 is 6.18 Å². The molecule has 0 aliphatic carbocycles. The van der Waals surface area contributed by atoms with E-state index in [0.717, 1.165) is 12.1 Å². The van der Waals surface area contributed by atoms with Gasteiger partial charge in [-0.25, -0.2) is 9.97 Å². The molecule has 154 valence electrons. The van der Waals surface area contributed by atoms with Crippen molar-refractivity contribution >= 4 is 22.6 Å². The number of nitrogens with zero attached hydrogens (tertiary/aromatic N) is 2. The van der Waals surface area contributed by atoms with Crippen molar-refractivity contribution in [3.63, 3.8) is 0 Å². The number of para-hydroxylation sites is 3. The number of nitrogens with one attached hydrogen (secondary N) is 1. The summed E-state index contributed by atoms with van der Waals surface area (Å²) in [7, 11) is 0. The monoisotopic (exact) mass is 423 g/mol. The smallest absolute Gasteiger partial charge is 0.416 e. The molecule has 0 atom stereocenters. The Kier molecular flexibility index (Phi) is 4.25. The number of hydrogen-bond acceptors (Lipinski definition) is 5. The molecule has 0 saturated carbocycles. The topological polar surface area (TPSA) is 73.3 Å². The fraction of sp³-hybridized carbons (Fsp3) is 0.0455. The number of carbonyl (C=O) groups is 1. The Balaban J connectivity index is 1.47. The van der Waals surface area contributed by atoms with E-state index >= 15 is 0 Å². The van der Waals surface area contributed by atoms with Crippen molar-refractivity contribution in [2.24, 2.45) is 0 Å². The second kappa shape index (κ2) is 6.98. The molecule has 0 saturated heterocycles. The Labute approximate surface area is 173 Å². The highest BCUT2D eigenvalue weighted by atomic mass is 19.4. The summed E-state index contributed by atoms with van der Waals surface area (Å²) >= 11 is 0. The SMILES string of the molecule is O=C(Nc1cccc(C(F)(F)F)c1)c1cccc2c1Oc1nc3ccccc3nc1O2. The first-order valence-electron chi connectivity index (χ1n) is 9.12. The lowest BCUT2D eigenvalue weighted by atomic mass is 10.1. The van der Waals surface area contributed by atoms with E-state index < -0.39 is 17.6 Å². The van der Waals surface area contributed by atoms with Crippen LogP contribution in [0.25, 0.3) is 11.0 Å². The number of benzene rings is 3. The normalized spacial score (nSPS) is 12.4. The molecular weight excluding hydrogens is 411 g/mol. The molecule has 0 radical (unpaired) electrons. The van der Waals surface area contributed by atoms with Gasteiger partial charge < -0.3 is 14.8 Å². The summed E-state index contributed by atoms with van der Waals surface area (Å²) in [6.07, 6.45) is -4.52. The zero-order chi connectivity index (χ0) is 21.6.